The van der Waals surface area contributed by atoms with Gasteiger partial charge in [0.25, 0.3) is 5.56 Å². The van der Waals surface area contributed by atoms with Gasteiger partial charge in [0.05, 0.1) is 16.0 Å². The van der Waals surface area contributed by atoms with Crippen LogP contribution in [0.2, 0.25) is 0 Å². The molecule has 0 atom stereocenters. The molecule has 1 spiro atoms. The number of oxazole rings is 1. The number of nitrogens with zero attached hydrogens (tertiary/aromatic N) is 1. The van der Waals surface area contributed by atoms with Crippen LogP contribution in [0, 0.1) is 6.92 Å². The summed E-state index contributed by atoms with van der Waals surface area (Å²) in [5.74, 6) is -0.309. The first-order valence-corrected chi connectivity index (χ1v) is 8.67. The van der Waals surface area contributed by atoms with Crippen molar-refractivity contribution in [3.8, 4) is 11.1 Å². The van der Waals surface area contributed by atoms with Crippen LogP contribution >= 0.6 is 11.9 Å². The molecule has 5 rings (SSSR count). The second kappa shape index (κ2) is 4.57. The average molecular weight is 341 g/mol. The predicted molar refractivity (Wildman–Crippen MR) is 94.4 cm³/mol. The summed E-state index contributed by atoms with van der Waals surface area (Å²) < 4.78 is 10.7. The number of aryl methyl sites for hydroxylation is 1. The first-order valence-electron chi connectivity index (χ1n) is 7.86. The van der Waals surface area contributed by atoms with Crippen LogP contribution in [0.3, 0.4) is 0 Å². The van der Waals surface area contributed by atoms with E-state index in [1.54, 1.807) is 29.6 Å². The third-order valence-electron chi connectivity index (χ3n) is 4.82. The van der Waals surface area contributed by atoms with Crippen molar-refractivity contribution in [3.63, 3.8) is 0 Å². The lowest BCUT2D eigenvalue weighted by atomic mass is 10.0. The van der Waals surface area contributed by atoms with E-state index in [0.29, 0.717) is 17.7 Å². The lowest BCUT2D eigenvalue weighted by Gasteiger charge is -2.19. The number of H-pyrrole nitrogens is 1. The molecule has 3 aromatic rings. The van der Waals surface area contributed by atoms with E-state index in [0.717, 1.165) is 35.2 Å². The summed E-state index contributed by atoms with van der Waals surface area (Å²) in [5, 5.41) is 0. The van der Waals surface area contributed by atoms with Gasteiger partial charge in [0, 0.05) is 18.3 Å². The molecule has 2 aliphatic rings. The van der Waals surface area contributed by atoms with Crippen molar-refractivity contribution < 1.29 is 4.42 Å². The fraction of sp³-hybridized carbons (Fsp3) is 0.294. The van der Waals surface area contributed by atoms with Crippen LogP contribution in [0.4, 0.5) is 5.69 Å². The first kappa shape index (κ1) is 14.0. The SMILES string of the molecule is Cc1cc(-c2cc3c4oc(=O)n(c4c2)CC2(CC2)SN3)c[nH]c1=O. The summed E-state index contributed by atoms with van der Waals surface area (Å²) in [6, 6.07) is 5.79. The molecule has 4 bridgehead atoms. The monoisotopic (exact) mass is 341 g/mol. The first-order chi connectivity index (χ1) is 11.5. The van der Waals surface area contributed by atoms with E-state index in [1.807, 2.05) is 18.2 Å². The van der Waals surface area contributed by atoms with Crippen LogP contribution in [0.1, 0.15) is 18.4 Å². The molecular weight excluding hydrogens is 326 g/mol. The number of pyridine rings is 1. The third kappa shape index (κ3) is 1.97. The predicted octanol–water partition coefficient (Wildman–Crippen LogP) is 2.86. The minimum atomic E-state index is -0.309. The third-order valence-corrected chi connectivity index (χ3v) is 6.12. The van der Waals surface area contributed by atoms with Gasteiger partial charge in [0.2, 0.25) is 0 Å². The van der Waals surface area contributed by atoms with E-state index in [4.69, 9.17) is 4.42 Å². The quantitative estimate of drug-likeness (QED) is 0.665. The van der Waals surface area contributed by atoms with Crippen molar-refractivity contribution in [2.24, 2.45) is 0 Å². The van der Waals surface area contributed by atoms with E-state index in [1.165, 1.54) is 0 Å². The topological polar surface area (TPSA) is 80.0 Å². The van der Waals surface area contributed by atoms with E-state index >= 15 is 0 Å². The number of aromatic nitrogens is 2. The molecule has 6 nitrogen and oxygen atoms in total. The molecule has 122 valence electrons. The van der Waals surface area contributed by atoms with Crippen molar-refractivity contribution in [2.45, 2.75) is 31.1 Å². The zero-order chi connectivity index (χ0) is 16.5. The van der Waals surface area contributed by atoms with Gasteiger partial charge in [-0.1, -0.05) is 0 Å². The van der Waals surface area contributed by atoms with Crippen molar-refractivity contribution in [1.29, 1.82) is 0 Å². The zero-order valence-corrected chi connectivity index (χ0v) is 13.8. The number of benzene rings is 1. The second-order valence-corrected chi connectivity index (χ2v) is 7.89. The summed E-state index contributed by atoms with van der Waals surface area (Å²) in [6.45, 7) is 2.44. The lowest BCUT2D eigenvalue weighted by Crippen LogP contribution is -2.24. The maximum atomic E-state index is 12.3. The van der Waals surface area contributed by atoms with Gasteiger partial charge in [-0.2, -0.15) is 0 Å². The molecule has 1 aromatic carbocycles. The molecule has 1 aliphatic heterocycles. The van der Waals surface area contributed by atoms with Crippen LogP contribution in [0.5, 0.6) is 0 Å². The molecular formula is C17H15N3O3S. The molecule has 0 unspecified atom stereocenters. The van der Waals surface area contributed by atoms with Crippen molar-refractivity contribution in [2.75, 3.05) is 4.72 Å². The summed E-state index contributed by atoms with van der Waals surface area (Å²) in [5.41, 5.74) is 4.60. The largest absolute Gasteiger partial charge is 0.420 e. The van der Waals surface area contributed by atoms with Crippen LogP contribution in [0.25, 0.3) is 22.2 Å². The van der Waals surface area contributed by atoms with Crippen LogP contribution in [-0.4, -0.2) is 14.3 Å². The van der Waals surface area contributed by atoms with Crippen molar-refractivity contribution in [3.05, 3.63) is 50.9 Å². The van der Waals surface area contributed by atoms with Crippen LogP contribution in [0.15, 0.2) is 38.4 Å². The summed E-state index contributed by atoms with van der Waals surface area (Å²) >= 11 is 1.68. The Kier molecular flexibility index (Phi) is 2.66. The summed E-state index contributed by atoms with van der Waals surface area (Å²) in [6.07, 6.45) is 3.89. The normalized spacial score (nSPS) is 17.7. The number of aromatic amines is 1. The molecule has 24 heavy (non-hydrogen) atoms. The Labute approximate surface area is 141 Å². The molecule has 0 saturated heterocycles. The van der Waals surface area contributed by atoms with Gasteiger partial charge >= 0.3 is 5.76 Å². The summed E-state index contributed by atoms with van der Waals surface area (Å²) in [4.78, 5) is 26.6. The smallest absolute Gasteiger partial charge is 0.405 e. The highest BCUT2D eigenvalue weighted by Crippen LogP contribution is 2.51. The highest BCUT2D eigenvalue weighted by molar-refractivity contribution is 8.02. The average Bonchev–Trinajstić information content (AvgIpc) is 3.25. The maximum Gasteiger partial charge on any atom is 0.420 e. The Hall–Kier alpha value is -2.41. The summed E-state index contributed by atoms with van der Waals surface area (Å²) in [7, 11) is 0. The minimum absolute atomic E-state index is 0.0919. The van der Waals surface area contributed by atoms with Gasteiger partial charge < -0.3 is 14.1 Å². The van der Waals surface area contributed by atoms with E-state index < -0.39 is 0 Å². The minimum Gasteiger partial charge on any atom is -0.405 e. The number of hydrogen-bond donors (Lipinski definition) is 2. The highest BCUT2D eigenvalue weighted by Gasteiger charge is 2.46. The van der Waals surface area contributed by atoms with E-state index in [-0.39, 0.29) is 16.1 Å². The number of anilines is 1. The van der Waals surface area contributed by atoms with Gasteiger partial charge in [0.15, 0.2) is 5.58 Å². The Morgan fingerprint density at radius 1 is 1.21 bits per heavy atom. The Morgan fingerprint density at radius 2 is 2.04 bits per heavy atom. The Bertz CT molecular complexity index is 1100. The molecule has 3 heterocycles. The van der Waals surface area contributed by atoms with Gasteiger partial charge in [-0.15, -0.1) is 0 Å². The second-order valence-electron chi connectivity index (χ2n) is 6.61. The number of hydrogen-bond acceptors (Lipinski definition) is 5. The van der Waals surface area contributed by atoms with Crippen molar-refractivity contribution in [1.82, 2.24) is 9.55 Å². The van der Waals surface area contributed by atoms with E-state index in [2.05, 4.69) is 9.71 Å². The van der Waals surface area contributed by atoms with Crippen LogP contribution in [-0.2, 0) is 6.54 Å². The van der Waals surface area contributed by atoms with Gasteiger partial charge in [0.1, 0.15) is 0 Å². The Balaban J connectivity index is 1.77. The molecule has 7 heteroatoms. The van der Waals surface area contributed by atoms with E-state index in [9.17, 15) is 9.59 Å². The van der Waals surface area contributed by atoms with Crippen molar-refractivity contribution >= 4 is 28.7 Å². The van der Waals surface area contributed by atoms with Gasteiger partial charge in [-0.05, 0) is 61.0 Å². The van der Waals surface area contributed by atoms with Crippen LogP contribution < -0.4 is 16.0 Å². The van der Waals surface area contributed by atoms with Gasteiger partial charge in [-0.3, -0.25) is 9.36 Å². The highest BCUT2D eigenvalue weighted by atomic mass is 32.2. The molecule has 1 saturated carbocycles. The maximum absolute atomic E-state index is 12.3. The standard InChI is InChI=1S/C17H15N3O3S/c1-9-4-11(7-18-15(9)21)10-5-12-14-13(6-10)20(16(22)23-14)8-17(2-3-17)24-19-12/h4-7,19H,2-3,8H2,1H3,(H,18,21). The molecule has 0 radical (unpaired) electrons. The fourth-order valence-corrected chi connectivity index (χ4v) is 4.18. The molecule has 1 aliphatic carbocycles. The Morgan fingerprint density at radius 3 is 2.79 bits per heavy atom. The number of nitrogens with one attached hydrogen (secondary N) is 2. The molecule has 2 N–H and O–H groups in total. The lowest BCUT2D eigenvalue weighted by molar-refractivity contribution is 0.501. The zero-order valence-electron chi connectivity index (χ0n) is 13.0. The van der Waals surface area contributed by atoms with Gasteiger partial charge in [-0.25, -0.2) is 4.79 Å². The fourth-order valence-electron chi connectivity index (χ4n) is 3.20. The molecule has 0 amide bonds. The number of rotatable bonds is 1. The molecule has 1 fully saturated rings. The molecule has 2 aromatic heterocycles.